The van der Waals surface area contributed by atoms with Crippen LogP contribution in [0.1, 0.15) is 15.9 Å². The number of nitrogens with one attached hydrogen (secondary N) is 2. The number of hydrogen-bond donors (Lipinski definition) is 2. The molecule has 4 rings (SSSR count). The zero-order chi connectivity index (χ0) is 19.3. The Morgan fingerprint density at radius 1 is 1.18 bits per heavy atom. The molecule has 140 valence electrons. The lowest BCUT2D eigenvalue weighted by atomic mass is 10.1. The normalized spacial score (nSPS) is 10.6. The molecule has 4 aromatic rings. The number of carbonyl (C=O) groups is 1. The van der Waals surface area contributed by atoms with E-state index in [4.69, 9.17) is 4.74 Å². The van der Waals surface area contributed by atoms with E-state index < -0.39 is 0 Å². The maximum Gasteiger partial charge on any atom is 0.256 e. The van der Waals surface area contributed by atoms with Crippen molar-refractivity contribution in [2.24, 2.45) is 0 Å². The van der Waals surface area contributed by atoms with Crippen LogP contribution in [0, 0.1) is 0 Å². The van der Waals surface area contributed by atoms with Crippen LogP contribution in [0.2, 0.25) is 0 Å². The lowest BCUT2D eigenvalue weighted by Crippen LogP contribution is -2.12. The predicted molar refractivity (Wildman–Crippen MR) is 104 cm³/mol. The number of carbonyl (C=O) groups excluding carboxylic acids is 1. The lowest BCUT2D eigenvalue weighted by molar-refractivity contribution is 0.102. The van der Waals surface area contributed by atoms with E-state index in [1.807, 2.05) is 36.4 Å². The summed E-state index contributed by atoms with van der Waals surface area (Å²) in [5.74, 6) is 0.940. The van der Waals surface area contributed by atoms with Gasteiger partial charge in [-0.3, -0.25) is 9.89 Å². The summed E-state index contributed by atoms with van der Waals surface area (Å²) in [7, 11) is 1.62. The quantitative estimate of drug-likeness (QED) is 0.541. The molecule has 8 nitrogen and oxygen atoms in total. The highest BCUT2D eigenvalue weighted by atomic mass is 16.5. The molecule has 0 aliphatic rings. The summed E-state index contributed by atoms with van der Waals surface area (Å²) >= 11 is 0. The number of anilines is 1. The highest BCUT2D eigenvalue weighted by Gasteiger charge is 2.12. The molecule has 2 heterocycles. The standard InChI is InChI=1S/C20H18N6O2/c1-28-18-5-3-2-4-16(18)17-10-19(25-24-17)23-20(27)15-8-6-14(7-9-15)11-26-13-21-12-22-26/h2-10,12-13H,11H2,1H3,(H2,23,24,25,27). The topological polar surface area (TPSA) is 97.7 Å². The average Bonchev–Trinajstić information content (AvgIpc) is 3.40. The van der Waals surface area contributed by atoms with Gasteiger partial charge in [0.1, 0.15) is 18.4 Å². The zero-order valence-electron chi connectivity index (χ0n) is 15.2. The van der Waals surface area contributed by atoms with Gasteiger partial charge < -0.3 is 10.1 Å². The Kier molecular flexibility index (Phi) is 4.83. The van der Waals surface area contributed by atoms with Gasteiger partial charge in [0.05, 0.1) is 19.3 Å². The van der Waals surface area contributed by atoms with E-state index in [9.17, 15) is 4.79 Å². The van der Waals surface area contributed by atoms with Crippen molar-refractivity contribution in [2.45, 2.75) is 6.54 Å². The van der Waals surface area contributed by atoms with Crippen molar-refractivity contribution in [1.29, 1.82) is 0 Å². The Hall–Kier alpha value is -3.94. The Morgan fingerprint density at radius 2 is 2.00 bits per heavy atom. The van der Waals surface area contributed by atoms with E-state index in [2.05, 4.69) is 25.6 Å². The van der Waals surface area contributed by atoms with Crippen LogP contribution in [0.5, 0.6) is 5.75 Å². The van der Waals surface area contributed by atoms with Crippen LogP contribution in [0.15, 0.2) is 67.3 Å². The molecular weight excluding hydrogens is 356 g/mol. The van der Waals surface area contributed by atoms with Crippen LogP contribution < -0.4 is 10.1 Å². The fraction of sp³-hybridized carbons (Fsp3) is 0.100. The lowest BCUT2D eigenvalue weighted by Gasteiger charge is -2.05. The molecule has 0 spiro atoms. The van der Waals surface area contributed by atoms with Gasteiger partial charge in [-0.05, 0) is 29.8 Å². The number of aromatic amines is 1. The number of methoxy groups -OCH3 is 1. The highest BCUT2D eigenvalue weighted by Crippen LogP contribution is 2.29. The van der Waals surface area contributed by atoms with E-state index in [0.717, 1.165) is 22.6 Å². The minimum atomic E-state index is -0.231. The van der Waals surface area contributed by atoms with Gasteiger partial charge >= 0.3 is 0 Å². The minimum Gasteiger partial charge on any atom is -0.496 e. The van der Waals surface area contributed by atoms with E-state index in [1.54, 1.807) is 36.3 Å². The van der Waals surface area contributed by atoms with Crippen molar-refractivity contribution in [3.8, 4) is 17.0 Å². The average molecular weight is 374 g/mol. The molecule has 0 fully saturated rings. The molecular formula is C20H18N6O2. The van der Waals surface area contributed by atoms with Gasteiger partial charge in [0.15, 0.2) is 5.82 Å². The third-order valence-electron chi connectivity index (χ3n) is 4.24. The van der Waals surface area contributed by atoms with Crippen LogP contribution in [0.25, 0.3) is 11.3 Å². The van der Waals surface area contributed by atoms with Gasteiger partial charge in [0.25, 0.3) is 5.91 Å². The maximum atomic E-state index is 12.5. The largest absolute Gasteiger partial charge is 0.496 e. The summed E-state index contributed by atoms with van der Waals surface area (Å²) in [5.41, 5.74) is 3.20. The molecule has 0 bridgehead atoms. The molecule has 0 aliphatic carbocycles. The van der Waals surface area contributed by atoms with Gasteiger partial charge in [-0.25, -0.2) is 9.67 Å². The van der Waals surface area contributed by atoms with E-state index in [0.29, 0.717) is 17.9 Å². The Bertz CT molecular complexity index is 1070. The fourth-order valence-corrected chi connectivity index (χ4v) is 2.84. The maximum absolute atomic E-state index is 12.5. The number of benzene rings is 2. The molecule has 0 unspecified atom stereocenters. The summed E-state index contributed by atoms with van der Waals surface area (Å²) in [5, 5.41) is 14.0. The molecule has 0 saturated carbocycles. The number of para-hydroxylation sites is 1. The van der Waals surface area contributed by atoms with E-state index in [-0.39, 0.29) is 5.91 Å². The second kappa shape index (κ2) is 7.75. The minimum absolute atomic E-state index is 0.231. The van der Waals surface area contributed by atoms with Crippen LogP contribution in [0.4, 0.5) is 5.82 Å². The number of hydrogen-bond acceptors (Lipinski definition) is 5. The Morgan fingerprint density at radius 3 is 2.75 bits per heavy atom. The van der Waals surface area contributed by atoms with Crippen LogP contribution in [0.3, 0.4) is 0 Å². The zero-order valence-corrected chi connectivity index (χ0v) is 15.2. The van der Waals surface area contributed by atoms with Crippen molar-refractivity contribution in [1.82, 2.24) is 25.0 Å². The van der Waals surface area contributed by atoms with Gasteiger partial charge in [0, 0.05) is 17.2 Å². The first-order valence-corrected chi connectivity index (χ1v) is 8.64. The second-order valence-corrected chi connectivity index (χ2v) is 6.11. The molecule has 2 aromatic carbocycles. The number of H-pyrrole nitrogens is 1. The molecule has 1 amide bonds. The molecule has 0 saturated heterocycles. The summed E-state index contributed by atoms with van der Waals surface area (Å²) in [6.45, 7) is 0.601. The summed E-state index contributed by atoms with van der Waals surface area (Å²) in [4.78, 5) is 16.4. The SMILES string of the molecule is COc1ccccc1-c1cc(NC(=O)c2ccc(Cn3cncn3)cc2)n[nH]1. The van der Waals surface area contributed by atoms with E-state index >= 15 is 0 Å². The van der Waals surface area contributed by atoms with Crippen molar-refractivity contribution in [3.05, 3.63) is 78.4 Å². The van der Waals surface area contributed by atoms with Gasteiger partial charge in [0.2, 0.25) is 0 Å². The van der Waals surface area contributed by atoms with Crippen LogP contribution >= 0.6 is 0 Å². The summed E-state index contributed by atoms with van der Waals surface area (Å²) in [6.07, 6.45) is 3.14. The van der Waals surface area contributed by atoms with Crippen molar-refractivity contribution in [2.75, 3.05) is 12.4 Å². The third-order valence-corrected chi connectivity index (χ3v) is 4.24. The Balaban J connectivity index is 1.44. The molecule has 8 heteroatoms. The fourth-order valence-electron chi connectivity index (χ4n) is 2.84. The number of nitrogens with zero attached hydrogens (tertiary/aromatic N) is 4. The first-order chi connectivity index (χ1) is 13.7. The Labute approximate surface area is 161 Å². The van der Waals surface area contributed by atoms with Gasteiger partial charge in [-0.1, -0.05) is 24.3 Å². The smallest absolute Gasteiger partial charge is 0.256 e. The number of ether oxygens (including phenoxy) is 1. The highest BCUT2D eigenvalue weighted by molar-refractivity contribution is 6.04. The molecule has 0 radical (unpaired) electrons. The first-order valence-electron chi connectivity index (χ1n) is 8.64. The summed E-state index contributed by atoms with van der Waals surface area (Å²) < 4.78 is 7.08. The monoisotopic (exact) mass is 374 g/mol. The van der Waals surface area contributed by atoms with Crippen molar-refractivity contribution >= 4 is 11.7 Å². The van der Waals surface area contributed by atoms with E-state index in [1.165, 1.54) is 6.33 Å². The van der Waals surface area contributed by atoms with Crippen molar-refractivity contribution in [3.63, 3.8) is 0 Å². The van der Waals surface area contributed by atoms with Gasteiger partial charge in [-0.15, -0.1) is 0 Å². The second-order valence-electron chi connectivity index (χ2n) is 6.11. The van der Waals surface area contributed by atoms with Crippen molar-refractivity contribution < 1.29 is 9.53 Å². The first kappa shape index (κ1) is 17.5. The third kappa shape index (κ3) is 3.75. The number of amides is 1. The molecule has 2 aromatic heterocycles. The predicted octanol–water partition coefficient (Wildman–Crippen LogP) is 2.98. The summed E-state index contributed by atoms with van der Waals surface area (Å²) in [6, 6.07) is 16.7. The molecule has 0 atom stereocenters. The molecule has 0 aliphatic heterocycles. The number of rotatable bonds is 6. The number of aromatic nitrogens is 5. The molecule has 28 heavy (non-hydrogen) atoms. The van der Waals surface area contributed by atoms with Crippen LogP contribution in [-0.2, 0) is 6.54 Å². The van der Waals surface area contributed by atoms with Gasteiger partial charge in [-0.2, -0.15) is 10.2 Å². The molecule has 2 N–H and O–H groups in total. The van der Waals surface area contributed by atoms with Crippen LogP contribution in [-0.4, -0.2) is 38.0 Å².